The second-order valence-corrected chi connectivity index (χ2v) is 6.74. The summed E-state index contributed by atoms with van der Waals surface area (Å²) in [5.41, 5.74) is 1.31. The standard InChI is InChI=1S/C16H25NO2S/c1-12(2)19-10-15(18)11-20-16-5-3-4-13(8-16)9-17-14-6-7-14/h3-5,8,12,14-15,17-18H,6-7,9-11H2,1-2H3. The van der Waals surface area contributed by atoms with E-state index in [2.05, 4.69) is 29.6 Å². The van der Waals surface area contributed by atoms with E-state index in [9.17, 15) is 5.11 Å². The van der Waals surface area contributed by atoms with E-state index < -0.39 is 6.10 Å². The first-order chi connectivity index (χ1) is 9.63. The van der Waals surface area contributed by atoms with Crippen molar-refractivity contribution in [2.75, 3.05) is 12.4 Å². The number of ether oxygens (including phenoxy) is 1. The predicted octanol–water partition coefficient (Wildman–Crippen LogP) is 2.82. The van der Waals surface area contributed by atoms with Crippen molar-refractivity contribution in [2.45, 2.75) is 56.4 Å². The number of aliphatic hydroxyl groups excluding tert-OH is 1. The number of benzene rings is 1. The normalized spacial score (nSPS) is 16.6. The Balaban J connectivity index is 1.72. The summed E-state index contributed by atoms with van der Waals surface area (Å²) in [6.45, 7) is 5.32. The molecule has 112 valence electrons. The lowest BCUT2D eigenvalue weighted by molar-refractivity contribution is 0.0152. The van der Waals surface area contributed by atoms with Crippen LogP contribution in [0.2, 0.25) is 0 Å². The smallest absolute Gasteiger partial charge is 0.0867 e. The van der Waals surface area contributed by atoms with Gasteiger partial charge in [0.1, 0.15) is 0 Å². The highest BCUT2D eigenvalue weighted by atomic mass is 32.2. The molecule has 4 heteroatoms. The molecule has 1 unspecified atom stereocenters. The molecular weight excluding hydrogens is 270 g/mol. The molecule has 1 atom stereocenters. The van der Waals surface area contributed by atoms with Crippen LogP contribution in [0.15, 0.2) is 29.2 Å². The van der Waals surface area contributed by atoms with E-state index in [-0.39, 0.29) is 6.10 Å². The lowest BCUT2D eigenvalue weighted by atomic mass is 10.2. The third-order valence-electron chi connectivity index (χ3n) is 3.13. The van der Waals surface area contributed by atoms with Crippen LogP contribution >= 0.6 is 11.8 Å². The first-order valence-corrected chi connectivity index (χ1v) is 8.37. The third kappa shape index (κ3) is 6.27. The van der Waals surface area contributed by atoms with Gasteiger partial charge in [-0.2, -0.15) is 0 Å². The molecule has 3 nitrogen and oxygen atoms in total. The minimum absolute atomic E-state index is 0.173. The van der Waals surface area contributed by atoms with Gasteiger partial charge in [0.15, 0.2) is 0 Å². The van der Waals surface area contributed by atoms with Crippen molar-refractivity contribution in [2.24, 2.45) is 0 Å². The number of thioether (sulfide) groups is 1. The second kappa shape index (κ2) is 8.03. The molecule has 1 aliphatic rings. The summed E-state index contributed by atoms with van der Waals surface area (Å²) in [7, 11) is 0. The Morgan fingerprint density at radius 1 is 1.40 bits per heavy atom. The van der Waals surface area contributed by atoms with E-state index in [0.717, 1.165) is 12.6 Å². The molecular formula is C16H25NO2S. The Kier molecular flexibility index (Phi) is 6.36. The first kappa shape index (κ1) is 15.8. The van der Waals surface area contributed by atoms with E-state index in [1.165, 1.54) is 23.3 Å². The fourth-order valence-electron chi connectivity index (χ4n) is 1.84. The molecule has 2 N–H and O–H groups in total. The van der Waals surface area contributed by atoms with Crippen molar-refractivity contribution in [1.82, 2.24) is 5.32 Å². The maximum atomic E-state index is 9.85. The molecule has 1 aromatic carbocycles. The number of nitrogens with one attached hydrogen (secondary N) is 1. The maximum Gasteiger partial charge on any atom is 0.0867 e. The summed E-state index contributed by atoms with van der Waals surface area (Å²) in [6.07, 6.45) is 2.40. The van der Waals surface area contributed by atoms with E-state index in [1.54, 1.807) is 11.8 Å². The monoisotopic (exact) mass is 295 g/mol. The Morgan fingerprint density at radius 3 is 2.90 bits per heavy atom. The fourth-order valence-corrected chi connectivity index (χ4v) is 2.73. The molecule has 0 radical (unpaired) electrons. The molecule has 0 spiro atoms. The largest absolute Gasteiger partial charge is 0.390 e. The highest BCUT2D eigenvalue weighted by Crippen LogP contribution is 2.22. The average molecular weight is 295 g/mol. The number of hydrogen-bond donors (Lipinski definition) is 2. The molecule has 1 aliphatic carbocycles. The average Bonchev–Trinajstić information content (AvgIpc) is 3.25. The molecule has 1 fully saturated rings. The summed E-state index contributed by atoms with van der Waals surface area (Å²) < 4.78 is 5.41. The van der Waals surface area contributed by atoms with E-state index in [4.69, 9.17) is 4.74 Å². The summed E-state index contributed by atoms with van der Waals surface area (Å²) in [5.74, 6) is 0.673. The van der Waals surface area contributed by atoms with Crippen molar-refractivity contribution in [1.29, 1.82) is 0 Å². The van der Waals surface area contributed by atoms with Crippen molar-refractivity contribution in [3.05, 3.63) is 29.8 Å². The fraction of sp³-hybridized carbons (Fsp3) is 0.625. The second-order valence-electron chi connectivity index (χ2n) is 5.65. The molecule has 0 amide bonds. The molecule has 2 rings (SSSR count). The van der Waals surface area contributed by atoms with Crippen LogP contribution < -0.4 is 5.32 Å². The predicted molar refractivity (Wildman–Crippen MR) is 84.1 cm³/mol. The molecule has 0 bridgehead atoms. The van der Waals surface area contributed by atoms with Gasteiger partial charge in [0.25, 0.3) is 0 Å². The van der Waals surface area contributed by atoms with Crippen molar-refractivity contribution in [3.8, 4) is 0 Å². The van der Waals surface area contributed by atoms with Crippen LogP contribution in [-0.4, -0.2) is 35.7 Å². The number of hydrogen-bond acceptors (Lipinski definition) is 4. The molecule has 20 heavy (non-hydrogen) atoms. The van der Waals surface area contributed by atoms with Crippen molar-refractivity contribution < 1.29 is 9.84 Å². The molecule has 0 aromatic heterocycles. The third-order valence-corrected chi connectivity index (χ3v) is 4.27. The van der Waals surface area contributed by atoms with E-state index in [1.807, 2.05) is 13.8 Å². The van der Waals surface area contributed by atoms with Gasteiger partial charge in [-0.1, -0.05) is 12.1 Å². The van der Waals surface area contributed by atoms with Crippen LogP contribution in [0.1, 0.15) is 32.3 Å². The van der Waals surface area contributed by atoms with E-state index in [0.29, 0.717) is 12.4 Å². The Hall–Kier alpha value is -0.550. The number of aliphatic hydroxyl groups is 1. The van der Waals surface area contributed by atoms with Crippen molar-refractivity contribution >= 4 is 11.8 Å². The zero-order valence-electron chi connectivity index (χ0n) is 12.3. The summed E-state index contributed by atoms with van der Waals surface area (Å²) in [4.78, 5) is 1.21. The minimum atomic E-state index is -0.407. The molecule has 0 heterocycles. The summed E-state index contributed by atoms with van der Waals surface area (Å²) in [5, 5.41) is 13.4. The lowest BCUT2D eigenvalue weighted by Gasteiger charge is -2.13. The summed E-state index contributed by atoms with van der Waals surface area (Å²) >= 11 is 1.69. The quantitative estimate of drug-likeness (QED) is 0.687. The molecule has 1 saturated carbocycles. The van der Waals surface area contributed by atoms with Crippen LogP contribution in [0, 0.1) is 0 Å². The molecule has 0 aliphatic heterocycles. The van der Waals surface area contributed by atoms with Crippen molar-refractivity contribution in [3.63, 3.8) is 0 Å². The zero-order valence-corrected chi connectivity index (χ0v) is 13.2. The van der Waals surface area contributed by atoms with Gasteiger partial charge in [-0.25, -0.2) is 0 Å². The zero-order chi connectivity index (χ0) is 14.4. The molecule has 1 aromatic rings. The Morgan fingerprint density at radius 2 is 2.20 bits per heavy atom. The Bertz CT molecular complexity index is 407. The maximum absolute atomic E-state index is 9.85. The van der Waals surface area contributed by atoms with Gasteiger partial charge in [-0.3, -0.25) is 0 Å². The lowest BCUT2D eigenvalue weighted by Crippen LogP contribution is -2.20. The van der Waals surface area contributed by atoms with E-state index >= 15 is 0 Å². The van der Waals surface area contributed by atoms with Gasteiger partial charge in [0.2, 0.25) is 0 Å². The van der Waals surface area contributed by atoms with Gasteiger partial charge in [0, 0.05) is 23.2 Å². The Labute approximate surface area is 126 Å². The van der Waals surface area contributed by atoms with Gasteiger partial charge >= 0.3 is 0 Å². The van der Waals surface area contributed by atoms with Gasteiger partial charge in [0.05, 0.1) is 18.8 Å². The van der Waals surface area contributed by atoms with Gasteiger partial charge < -0.3 is 15.2 Å². The minimum Gasteiger partial charge on any atom is -0.390 e. The van der Waals surface area contributed by atoms with Crippen LogP contribution in [-0.2, 0) is 11.3 Å². The summed E-state index contributed by atoms with van der Waals surface area (Å²) in [6, 6.07) is 9.28. The van der Waals surface area contributed by atoms with Crippen LogP contribution in [0.4, 0.5) is 0 Å². The van der Waals surface area contributed by atoms with Crippen LogP contribution in [0.3, 0.4) is 0 Å². The highest BCUT2D eigenvalue weighted by molar-refractivity contribution is 7.99. The van der Waals surface area contributed by atoms with Gasteiger partial charge in [-0.05, 0) is 44.4 Å². The van der Waals surface area contributed by atoms with Crippen LogP contribution in [0.25, 0.3) is 0 Å². The molecule has 0 saturated heterocycles. The topological polar surface area (TPSA) is 41.5 Å². The number of rotatable bonds is 9. The SMILES string of the molecule is CC(C)OCC(O)CSc1cccc(CNC2CC2)c1. The van der Waals surface area contributed by atoms with Gasteiger partial charge in [-0.15, -0.1) is 11.8 Å². The first-order valence-electron chi connectivity index (χ1n) is 7.38. The highest BCUT2D eigenvalue weighted by Gasteiger charge is 2.19. The van der Waals surface area contributed by atoms with Crippen LogP contribution in [0.5, 0.6) is 0 Å².